The van der Waals surface area contributed by atoms with Crippen LogP contribution in [0.1, 0.15) is 39.7 Å². The number of aromatic nitrogens is 8. The van der Waals surface area contributed by atoms with E-state index in [1.807, 2.05) is 33.0 Å². The van der Waals surface area contributed by atoms with Crippen molar-refractivity contribution in [1.29, 1.82) is 0 Å². The second-order valence-corrected chi connectivity index (χ2v) is 18.6. The Morgan fingerprint density at radius 3 is 2.56 bits per heavy atom. The third kappa shape index (κ3) is 8.21. The van der Waals surface area contributed by atoms with E-state index in [4.69, 9.17) is 4.74 Å². The number of piperazine rings is 1. The summed E-state index contributed by atoms with van der Waals surface area (Å²) in [5, 5.41) is 21.9. The maximum atomic E-state index is 15.7. The van der Waals surface area contributed by atoms with E-state index in [-0.39, 0.29) is 52.4 Å². The van der Waals surface area contributed by atoms with Crippen molar-refractivity contribution >= 4 is 61.5 Å². The summed E-state index contributed by atoms with van der Waals surface area (Å²) < 4.78 is 52.8. The number of ether oxygens (including phenoxy) is 1. The van der Waals surface area contributed by atoms with Crippen molar-refractivity contribution in [2.45, 2.75) is 62.5 Å². The number of rotatable bonds is 13. The van der Waals surface area contributed by atoms with Crippen LogP contribution in [0, 0.1) is 11.7 Å². The third-order valence-corrected chi connectivity index (χ3v) is 13.4. The van der Waals surface area contributed by atoms with Crippen molar-refractivity contribution < 1.29 is 27.1 Å². The van der Waals surface area contributed by atoms with Gasteiger partial charge in [-0.05, 0) is 80.3 Å². The fourth-order valence-electron chi connectivity index (χ4n) is 8.36. The monoisotopic (exact) mass is 889 g/mol. The molecule has 2 aliphatic rings. The van der Waals surface area contributed by atoms with Gasteiger partial charge in [-0.2, -0.15) is 19.7 Å². The average Bonchev–Trinajstić information content (AvgIpc) is 4.03. The van der Waals surface area contributed by atoms with Crippen LogP contribution in [0.15, 0.2) is 89.2 Å². The van der Waals surface area contributed by atoms with Crippen molar-refractivity contribution in [1.82, 2.24) is 49.8 Å². The summed E-state index contributed by atoms with van der Waals surface area (Å²) in [7, 11) is -2.22. The average molecular weight is 890 g/mol. The van der Waals surface area contributed by atoms with E-state index in [9.17, 15) is 18.0 Å². The molecule has 0 spiro atoms. The molecular formula is C44H48FN13O5S. The molecule has 332 valence electrons. The Labute approximate surface area is 368 Å². The Hall–Kier alpha value is -6.93. The first-order chi connectivity index (χ1) is 30.7. The molecule has 9 rings (SSSR count). The van der Waals surface area contributed by atoms with Crippen molar-refractivity contribution in [2.24, 2.45) is 13.0 Å². The first-order valence-corrected chi connectivity index (χ1v) is 22.6. The number of H-pyrrole nitrogens is 1. The molecule has 0 radical (unpaired) electrons. The molecule has 2 aliphatic heterocycles. The largest absolute Gasteiger partial charge is 0.485 e. The lowest BCUT2D eigenvalue weighted by molar-refractivity contribution is -0.120. The van der Waals surface area contributed by atoms with Gasteiger partial charge in [-0.15, -0.1) is 5.10 Å². The number of nitrogens with one attached hydrogen (secondary N) is 3. The van der Waals surface area contributed by atoms with Gasteiger partial charge in [-0.25, -0.2) is 22.6 Å². The van der Waals surface area contributed by atoms with Gasteiger partial charge in [0.2, 0.25) is 27.3 Å². The summed E-state index contributed by atoms with van der Waals surface area (Å²) in [4.78, 5) is 39.6. The van der Waals surface area contributed by atoms with Crippen LogP contribution in [-0.4, -0.2) is 110 Å². The number of hydrogen-bond acceptors (Lipinski definition) is 13. The van der Waals surface area contributed by atoms with Crippen molar-refractivity contribution in [2.75, 3.05) is 47.8 Å². The quantitative estimate of drug-likeness (QED) is 0.127. The lowest BCUT2D eigenvalue weighted by atomic mass is 9.98. The fraction of sp³-hybridized carbons (Fsp3) is 0.341. The van der Waals surface area contributed by atoms with Crippen molar-refractivity contribution in [3.8, 4) is 17.0 Å². The van der Waals surface area contributed by atoms with Gasteiger partial charge in [0, 0.05) is 75.1 Å². The van der Waals surface area contributed by atoms with Crippen molar-refractivity contribution in [3.63, 3.8) is 0 Å². The number of urea groups is 1. The van der Waals surface area contributed by atoms with Gasteiger partial charge in [-0.1, -0.05) is 26.0 Å². The van der Waals surface area contributed by atoms with E-state index in [1.54, 1.807) is 29.2 Å². The number of aryl methyl sites for hydroxylation is 1. The molecule has 0 saturated carbocycles. The number of imide groups is 1. The zero-order valence-electron chi connectivity index (χ0n) is 36.0. The summed E-state index contributed by atoms with van der Waals surface area (Å²) in [6.45, 7) is 11.6. The van der Waals surface area contributed by atoms with Crippen LogP contribution in [0.2, 0.25) is 0 Å². The minimum atomic E-state index is -4.07. The molecular weight excluding hydrogens is 842 g/mol. The number of aromatic amines is 1. The molecule has 3 aromatic carbocycles. The highest BCUT2D eigenvalue weighted by atomic mass is 32.2. The molecule has 0 aliphatic carbocycles. The number of benzene rings is 3. The van der Waals surface area contributed by atoms with Gasteiger partial charge in [0.1, 0.15) is 17.8 Å². The molecule has 64 heavy (non-hydrogen) atoms. The van der Waals surface area contributed by atoms with Crippen LogP contribution in [-0.2, 0) is 28.1 Å². The Morgan fingerprint density at radius 2 is 1.81 bits per heavy atom. The summed E-state index contributed by atoms with van der Waals surface area (Å²) in [5.41, 5.74) is 4.35. The summed E-state index contributed by atoms with van der Waals surface area (Å²) in [6.07, 6.45) is 5.42. The zero-order chi connectivity index (χ0) is 44.9. The van der Waals surface area contributed by atoms with Crippen molar-refractivity contribution in [3.05, 3.63) is 90.8 Å². The minimum absolute atomic E-state index is 0.00704. The van der Waals surface area contributed by atoms with Gasteiger partial charge in [0.15, 0.2) is 11.6 Å². The first kappa shape index (κ1) is 42.4. The fourth-order valence-corrected chi connectivity index (χ4v) is 9.70. The maximum absolute atomic E-state index is 15.7. The zero-order valence-corrected chi connectivity index (χ0v) is 36.8. The molecule has 3 amide bonds. The molecule has 2 saturated heterocycles. The number of carbonyl (C=O) groups is 2. The molecule has 6 heterocycles. The summed E-state index contributed by atoms with van der Waals surface area (Å²) in [5.74, 6) is 0.229. The smallest absolute Gasteiger partial charge is 0.329 e. The van der Waals surface area contributed by atoms with Gasteiger partial charge >= 0.3 is 6.03 Å². The van der Waals surface area contributed by atoms with Crippen LogP contribution in [0.4, 0.5) is 32.3 Å². The lowest BCUT2D eigenvalue weighted by Crippen LogP contribution is -2.55. The molecule has 18 nitrogen and oxygen atoms in total. The summed E-state index contributed by atoms with van der Waals surface area (Å²) >= 11 is 0. The predicted octanol–water partition coefficient (Wildman–Crippen LogP) is 5.74. The highest BCUT2D eigenvalue weighted by molar-refractivity contribution is 7.91. The topological polar surface area (TPSA) is 201 Å². The molecule has 0 unspecified atom stereocenters. The molecule has 2 fully saturated rings. The standard InChI is InChI=1S/C44H48FN13O5S/c1-26(2)37-24-56(30-9-11-33-36(20-30)54(5)52-41(33)57-16-14-38(59)50-44(57)60)18-17-55(37)15-13-28-7-6-8-31(19-28)64(61,62)32-10-12-35(34(45)21-32)49-43-51-42-40(63-27(3)4)39(29-22-47-48-23-29)46-25-58(42)53-43/h6-12,19-23,25-27,37H,13-18,24H2,1-5H3,(H,47,48)(H,49,53)(H,50,59,60)/t37-/m0/s1. The number of halogens is 1. The number of amides is 3. The molecule has 20 heteroatoms. The van der Waals surface area contributed by atoms with Crippen LogP contribution in [0.3, 0.4) is 0 Å². The second-order valence-electron chi connectivity index (χ2n) is 16.6. The second kappa shape index (κ2) is 17.0. The number of fused-ring (bicyclic) bond motifs is 2. The maximum Gasteiger partial charge on any atom is 0.329 e. The lowest BCUT2D eigenvalue weighted by Gasteiger charge is -2.44. The summed E-state index contributed by atoms with van der Waals surface area (Å²) in [6, 6.07) is 16.5. The van der Waals surface area contributed by atoms with Crippen LogP contribution >= 0.6 is 0 Å². The molecule has 7 aromatic rings. The van der Waals surface area contributed by atoms with E-state index in [2.05, 4.69) is 76.8 Å². The molecule has 1 atom stereocenters. The Balaban J connectivity index is 0.863. The Bertz CT molecular complexity index is 3010. The molecule has 0 bridgehead atoms. The minimum Gasteiger partial charge on any atom is -0.485 e. The SMILES string of the molecule is CC(C)Oc1c(-c2cn[nH]c2)ncn2nc(Nc3ccc(S(=O)(=O)c4cccc(CCN5CCN(c6ccc7c(N8CCC(=O)NC8=O)nn(C)c7c6)C[C@H]5C(C)C)c4)cc3F)nc12. The van der Waals surface area contributed by atoms with E-state index in [1.165, 1.54) is 33.9 Å². The number of nitrogens with zero attached hydrogens (tertiary/aromatic N) is 10. The highest BCUT2D eigenvalue weighted by Crippen LogP contribution is 2.34. The van der Waals surface area contributed by atoms with Gasteiger partial charge in [0.25, 0.3) is 0 Å². The van der Waals surface area contributed by atoms with Crippen LogP contribution in [0.5, 0.6) is 5.75 Å². The normalized spacial score (nSPS) is 16.4. The Kier molecular flexibility index (Phi) is 11.2. The van der Waals surface area contributed by atoms with E-state index < -0.39 is 21.7 Å². The predicted molar refractivity (Wildman–Crippen MR) is 238 cm³/mol. The van der Waals surface area contributed by atoms with E-state index in [0.717, 1.165) is 54.4 Å². The molecule has 3 N–H and O–H groups in total. The van der Waals surface area contributed by atoms with Crippen LogP contribution in [0.25, 0.3) is 27.8 Å². The number of carbonyl (C=O) groups excluding carboxylic acids is 2. The first-order valence-electron chi connectivity index (χ1n) is 21.1. The molecule has 4 aromatic heterocycles. The Morgan fingerprint density at radius 1 is 0.984 bits per heavy atom. The third-order valence-electron chi connectivity index (χ3n) is 11.7. The number of anilines is 4. The van der Waals surface area contributed by atoms with Gasteiger partial charge in [-0.3, -0.25) is 29.7 Å². The highest BCUT2D eigenvalue weighted by Gasteiger charge is 2.32. The van der Waals surface area contributed by atoms with Gasteiger partial charge < -0.3 is 15.0 Å². The van der Waals surface area contributed by atoms with E-state index in [0.29, 0.717) is 40.8 Å². The van der Waals surface area contributed by atoms with Gasteiger partial charge in [0.05, 0.1) is 33.3 Å². The number of sulfone groups is 1. The van der Waals surface area contributed by atoms with Crippen LogP contribution < -0.4 is 25.2 Å². The number of hydrogen-bond donors (Lipinski definition) is 3. The van der Waals surface area contributed by atoms with E-state index >= 15 is 4.39 Å².